The topological polar surface area (TPSA) is 23.8 Å². The van der Waals surface area contributed by atoms with Gasteiger partial charge in [-0.15, -0.1) is 0 Å². The fourth-order valence-corrected chi connectivity index (χ4v) is 3.63. The van der Waals surface area contributed by atoms with Gasteiger partial charge in [-0.3, -0.25) is 0 Å². The van der Waals surface area contributed by atoms with E-state index in [0.29, 0.717) is 0 Å². The average molecular weight is 307 g/mol. The first-order valence-electron chi connectivity index (χ1n) is 9.13. The highest BCUT2D eigenvalue weighted by atomic mass is 14.3. The van der Waals surface area contributed by atoms with Gasteiger partial charge in [-0.05, 0) is 67.9 Å². The van der Waals surface area contributed by atoms with Gasteiger partial charge < -0.3 is 0 Å². The van der Waals surface area contributed by atoms with E-state index in [1.807, 2.05) is 18.2 Å². The Balaban J connectivity index is 1.72. The average Bonchev–Trinajstić information content (AvgIpc) is 2.60. The van der Waals surface area contributed by atoms with Crippen molar-refractivity contribution in [3.8, 4) is 6.07 Å². The molecular formula is C22H29N. The molecule has 1 saturated carbocycles. The number of nitrogens with zero attached hydrogens (tertiary/aromatic N) is 1. The molecule has 1 aromatic rings. The molecule has 0 unspecified atom stereocenters. The molecule has 0 spiro atoms. The van der Waals surface area contributed by atoms with E-state index in [1.165, 1.54) is 56.6 Å². The lowest BCUT2D eigenvalue weighted by atomic mass is 9.77. The first-order chi connectivity index (χ1) is 11.3. The van der Waals surface area contributed by atoms with Crippen molar-refractivity contribution in [2.45, 2.75) is 64.2 Å². The third-order valence-electron chi connectivity index (χ3n) is 5.00. The summed E-state index contributed by atoms with van der Waals surface area (Å²) in [6.07, 6.45) is 17.8. The number of allylic oxidation sites excluding steroid dienone is 4. The summed E-state index contributed by atoms with van der Waals surface area (Å²) in [5.41, 5.74) is 3.02. The Morgan fingerprint density at radius 1 is 1.09 bits per heavy atom. The molecule has 1 aromatic carbocycles. The standard InChI is InChI=1S/C22H29N/c1-2-8-19-10-14-21(15-11-19)22-16-12-20(13-17-22)9-6-4-3-5-7-18-23/h3-5,7,10-11,14-15,20,22H,2,6,8-9,12-13,16-17H2,1H3/b4-3+,7-5+. The van der Waals surface area contributed by atoms with E-state index in [9.17, 15) is 0 Å². The van der Waals surface area contributed by atoms with Gasteiger partial charge in [0.15, 0.2) is 0 Å². The molecular weight excluding hydrogens is 278 g/mol. The monoisotopic (exact) mass is 307 g/mol. The largest absolute Gasteiger partial charge is 0.193 e. The van der Waals surface area contributed by atoms with Crippen LogP contribution in [0.5, 0.6) is 0 Å². The Morgan fingerprint density at radius 2 is 1.83 bits per heavy atom. The number of rotatable bonds is 7. The van der Waals surface area contributed by atoms with E-state index >= 15 is 0 Å². The Bertz CT molecular complexity index is 536. The molecule has 0 radical (unpaired) electrons. The molecule has 0 N–H and O–H groups in total. The molecule has 0 aliphatic heterocycles. The second-order valence-corrected chi connectivity index (χ2v) is 6.70. The number of hydrogen-bond acceptors (Lipinski definition) is 1. The molecule has 0 bridgehead atoms. The molecule has 1 nitrogen and oxygen atoms in total. The van der Waals surface area contributed by atoms with Gasteiger partial charge in [-0.1, -0.05) is 55.8 Å². The predicted octanol–water partition coefficient (Wildman–Crippen LogP) is 6.33. The summed E-state index contributed by atoms with van der Waals surface area (Å²) >= 11 is 0. The minimum atomic E-state index is 0.774. The maximum atomic E-state index is 8.42. The van der Waals surface area contributed by atoms with Gasteiger partial charge in [0, 0.05) is 6.08 Å². The van der Waals surface area contributed by atoms with Gasteiger partial charge in [0.25, 0.3) is 0 Å². The minimum absolute atomic E-state index is 0.774. The summed E-state index contributed by atoms with van der Waals surface area (Å²) in [6, 6.07) is 11.4. The molecule has 1 heteroatoms. The Morgan fingerprint density at radius 3 is 2.48 bits per heavy atom. The van der Waals surface area contributed by atoms with Crippen molar-refractivity contribution in [3.63, 3.8) is 0 Å². The van der Waals surface area contributed by atoms with Crippen LogP contribution in [0.3, 0.4) is 0 Å². The summed E-state index contributed by atoms with van der Waals surface area (Å²) in [5.74, 6) is 1.66. The van der Waals surface area contributed by atoms with Crippen molar-refractivity contribution in [2.75, 3.05) is 0 Å². The molecule has 2 rings (SSSR count). The highest BCUT2D eigenvalue weighted by Gasteiger charge is 2.21. The molecule has 0 heterocycles. The summed E-state index contributed by atoms with van der Waals surface area (Å²) in [5, 5.41) is 8.42. The van der Waals surface area contributed by atoms with Crippen LogP contribution in [0.15, 0.2) is 48.6 Å². The number of aryl methyl sites for hydroxylation is 1. The molecule has 0 aromatic heterocycles. The van der Waals surface area contributed by atoms with Crippen LogP contribution < -0.4 is 0 Å². The van der Waals surface area contributed by atoms with Gasteiger partial charge in [0.05, 0.1) is 6.07 Å². The number of benzene rings is 1. The molecule has 0 atom stereocenters. The summed E-state index contributed by atoms with van der Waals surface area (Å²) < 4.78 is 0. The Hall–Kier alpha value is -1.81. The minimum Gasteiger partial charge on any atom is -0.193 e. The lowest BCUT2D eigenvalue weighted by molar-refractivity contribution is 0.312. The molecule has 122 valence electrons. The fraction of sp³-hybridized carbons (Fsp3) is 0.500. The van der Waals surface area contributed by atoms with Crippen molar-refractivity contribution in [2.24, 2.45) is 5.92 Å². The fourth-order valence-electron chi connectivity index (χ4n) is 3.63. The second kappa shape index (κ2) is 10.1. The van der Waals surface area contributed by atoms with Crippen LogP contribution in [-0.4, -0.2) is 0 Å². The highest BCUT2D eigenvalue weighted by Crippen LogP contribution is 2.37. The Kier molecular flexibility index (Phi) is 7.67. The maximum absolute atomic E-state index is 8.42. The molecule has 1 aliphatic rings. The zero-order valence-corrected chi connectivity index (χ0v) is 14.4. The van der Waals surface area contributed by atoms with Crippen molar-refractivity contribution in [1.29, 1.82) is 5.26 Å². The van der Waals surface area contributed by atoms with Crippen molar-refractivity contribution < 1.29 is 0 Å². The van der Waals surface area contributed by atoms with Crippen molar-refractivity contribution >= 4 is 0 Å². The maximum Gasteiger partial charge on any atom is 0.0912 e. The number of nitriles is 1. The van der Waals surface area contributed by atoms with Gasteiger partial charge in [0.2, 0.25) is 0 Å². The third-order valence-corrected chi connectivity index (χ3v) is 5.00. The van der Waals surface area contributed by atoms with Crippen LogP contribution >= 0.6 is 0 Å². The normalized spacial score (nSPS) is 21.7. The molecule has 1 aliphatic carbocycles. The van der Waals surface area contributed by atoms with E-state index in [-0.39, 0.29) is 0 Å². The van der Waals surface area contributed by atoms with Crippen LogP contribution in [0, 0.1) is 17.2 Å². The summed E-state index contributed by atoms with van der Waals surface area (Å²) in [7, 11) is 0. The summed E-state index contributed by atoms with van der Waals surface area (Å²) in [6.45, 7) is 2.24. The van der Waals surface area contributed by atoms with Crippen molar-refractivity contribution in [3.05, 3.63) is 59.7 Å². The van der Waals surface area contributed by atoms with Crippen LogP contribution in [-0.2, 0) is 6.42 Å². The van der Waals surface area contributed by atoms with E-state index < -0.39 is 0 Å². The van der Waals surface area contributed by atoms with Gasteiger partial charge >= 0.3 is 0 Å². The highest BCUT2D eigenvalue weighted by molar-refractivity contribution is 5.25. The van der Waals surface area contributed by atoms with E-state index in [2.05, 4.69) is 37.3 Å². The van der Waals surface area contributed by atoms with Crippen LogP contribution in [0.2, 0.25) is 0 Å². The lowest BCUT2D eigenvalue weighted by Gasteiger charge is -2.28. The molecule has 0 amide bonds. The van der Waals surface area contributed by atoms with Gasteiger partial charge in [-0.25, -0.2) is 0 Å². The number of hydrogen-bond donors (Lipinski definition) is 0. The zero-order valence-electron chi connectivity index (χ0n) is 14.4. The zero-order chi connectivity index (χ0) is 16.3. The van der Waals surface area contributed by atoms with Gasteiger partial charge in [0.1, 0.15) is 0 Å². The first-order valence-corrected chi connectivity index (χ1v) is 9.13. The van der Waals surface area contributed by atoms with Crippen molar-refractivity contribution in [1.82, 2.24) is 0 Å². The van der Waals surface area contributed by atoms with E-state index in [0.717, 1.165) is 18.3 Å². The van der Waals surface area contributed by atoms with E-state index in [1.54, 1.807) is 5.56 Å². The van der Waals surface area contributed by atoms with Crippen LogP contribution in [0.4, 0.5) is 0 Å². The lowest BCUT2D eigenvalue weighted by Crippen LogP contribution is -2.13. The summed E-state index contributed by atoms with van der Waals surface area (Å²) in [4.78, 5) is 0. The van der Waals surface area contributed by atoms with Crippen LogP contribution in [0.25, 0.3) is 0 Å². The molecule has 0 saturated heterocycles. The predicted molar refractivity (Wildman–Crippen MR) is 98.3 cm³/mol. The Labute approximate surface area is 141 Å². The SMILES string of the molecule is CCCc1ccc(C2CCC(CC/C=C/C=C/C#N)CC2)cc1. The third kappa shape index (κ3) is 6.06. The van der Waals surface area contributed by atoms with Crippen LogP contribution in [0.1, 0.15) is 68.9 Å². The quantitative estimate of drug-likeness (QED) is 0.426. The van der Waals surface area contributed by atoms with Gasteiger partial charge in [-0.2, -0.15) is 5.26 Å². The molecule has 23 heavy (non-hydrogen) atoms. The second-order valence-electron chi connectivity index (χ2n) is 6.70. The molecule has 1 fully saturated rings. The smallest absolute Gasteiger partial charge is 0.0912 e. The first kappa shape index (κ1) is 17.5. The van der Waals surface area contributed by atoms with E-state index in [4.69, 9.17) is 5.26 Å².